The van der Waals surface area contributed by atoms with Gasteiger partial charge in [0.05, 0.1) is 6.10 Å². The van der Waals surface area contributed by atoms with E-state index in [1.807, 2.05) is 12.1 Å². The third-order valence-electron chi connectivity index (χ3n) is 3.40. The Labute approximate surface area is 97.1 Å². The SMILES string of the molecule is CCC1CCCN1c1ccc([C@@H](C)O)cn1. The predicted octanol–water partition coefficient (Wildman–Crippen LogP) is 2.51. The fraction of sp³-hybridized carbons (Fsp3) is 0.615. The predicted molar refractivity (Wildman–Crippen MR) is 65.5 cm³/mol. The standard InChI is InChI=1S/C13H20N2O/c1-3-12-5-4-8-15(12)13-7-6-11(9-14-13)10(2)16/h6-7,9-10,12,16H,3-5,8H2,1-2H3/t10-,12?/m1/s1. The molecule has 0 spiro atoms. The van der Waals surface area contributed by atoms with Gasteiger partial charge >= 0.3 is 0 Å². The van der Waals surface area contributed by atoms with Crippen molar-refractivity contribution in [3.63, 3.8) is 0 Å². The van der Waals surface area contributed by atoms with Crippen molar-refractivity contribution in [2.45, 2.75) is 45.3 Å². The second kappa shape index (κ2) is 4.83. The average Bonchev–Trinajstić information content (AvgIpc) is 2.77. The highest BCUT2D eigenvalue weighted by molar-refractivity contribution is 5.42. The third kappa shape index (κ3) is 2.19. The van der Waals surface area contributed by atoms with Gasteiger partial charge in [-0.1, -0.05) is 13.0 Å². The minimum Gasteiger partial charge on any atom is -0.389 e. The Morgan fingerprint density at radius 1 is 1.56 bits per heavy atom. The highest BCUT2D eigenvalue weighted by Gasteiger charge is 2.23. The summed E-state index contributed by atoms with van der Waals surface area (Å²) < 4.78 is 0. The molecule has 0 radical (unpaired) electrons. The monoisotopic (exact) mass is 220 g/mol. The van der Waals surface area contributed by atoms with Gasteiger partial charge in [0.25, 0.3) is 0 Å². The molecule has 1 aromatic rings. The lowest BCUT2D eigenvalue weighted by atomic mass is 10.1. The molecule has 3 heteroatoms. The van der Waals surface area contributed by atoms with E-state index >= 15 is 0 Å². The van der Waals surface area contributed by atoms with Gasteiger partial charge in [0.1, 0.15) is 5.82 Å². The first kappa shape index (κ1) is 11.4. The van der Waals surface area contributed by atoms with E-state index in [0.29, 0.717) is 6.04 Å². The number of aromatic nitrogens is 1. The van der Waals surface area contributed by atoms with Crippen molar-refractivity contribution in [2.75, 3.05) is 11.4 Å². The summed E-state index contributed by atoms with van der Waals surface area (Å²) in [6.07, 6.45) is 5.07. The van der Waals surface area contributed by atoms with Gasteiger partial charge in [0.15, 0.2) is 0 Å². The second-order valence-corrected chi connectivity index (χ2v) is 4.52. The summed E-state index contributed by atoms with van der Waals surface area (Å²) in [6.45, 7) is 5.11. The van der Waals surface area contributed by atoms with Gasteiger partial charge in [-0.15, -0.1) is 0 Å². The van der Waals surface area contributed by atoms with E-state index in [2.05, 4.69) is 16.8 Å². The van der Waals surface area contributed by atoms with Crippen LogP contribution in [0.2, 0.25) is 0 Å². The Kier molecular flexibility index (Phi) is 3.44. The molecule has 1 fully saturated rings. The first-order chi connectivity index (χ1) is 7.72. The Balaban J connectivity index is 2.15. The van der Waals surface area contributed by atoms with Gasteiger partial charge in [-0.25, -0.2) is 4.98 Å². The molecular weight excluding hydrogens is 200 g/mol. The molecule has 2 heterocycles. The van der Waals surface area contributed by atoms with E-state index in [1.54, 1.807) is 13.1 Å². The first-order valence-corrected chi connectivity index (χ1v) is 6.13. The molecule has 2 rings (SSSR count). The fourth-order valence-corrected chi connectivity index (χ4v) is 2.38. The summed E-state index contributed by atoms with van der Waals surface area (Å²) in [4.78, 5) is 6.83. The highest BCUT2D eigenvalue weighted by Crippen LogP contribution is 2.26. The highest BCUT2D eigenvalue weighted by atomic mass is 16.3. The number of pyridine rings is 1. The van der Waals surface area contributed by atoms with Crippen LogP contribution in [0.3, 0.4) is 0 Å². The molecule has 2 atom stereocenters. The molecule has 1 N–H and O–H groups in total. The number of aliphatic hydroxyl groups excluding tert-OH is 1. The van der Waals surface area contributed by atoms with Crippen LogP contribution in [0.1, 0.15) is 44.8 Å². The summed E-state index contributed by atoms with van der Waals surface area (Å²) in [5, 5.41) is 9.42. The maximum Gasteiger partial charge on any atom is 0.128 e. The molecule has 0 amide bonds. The quantitative estimate of drug-likeness (QED) is 0.850. The zero-order chi connectivity index (χ0) is 11.5. The van der Waals surface area contributed by atoms with Gasteiger partial charge < -0.3 is 10.0 Å². The van der Waals surface area contributed by atoms with Crippen LogP contribution >= 0.6 is 0 Å². The zero-order valence-electron chi connectivity index (χ0n) is 10.1. The molecule has 88 valence electrons. The fourth-order valence-electron chi connectivity index (χ4n) is 2.38. The van der Waals surface area contributed by atoms with Crippen molar-refractivity contribution in [1.82, 2.24) is 4.98 Å². The van der Waals surface area contributed by atoms with Crippen molar-refractivity contribution in [2.24, 2.45) is 0 Å². The van der Waals surface area contributed by atoms with Gasteiger partial charge in [-0.3, -0.25) is 0 Å². The largest absolute Gasteiger partial charge is 0.389 e. The molecule has 0 saturated carbocycles. The number of rotatable bonds is 3. The van der Waals surface area contributed by atoms with E-state index in [0.717, 1.165) is 17.9 Å². The summed E-state index contributed by atoms with van der Waals surface area (Å²) in [7, 11) is 0. The topological polar surface area (TPSA) is 36.4 Å². The van der Waals surface area contributed by atoms with Crippen LogP contribution < -0.4 is 4.90 Å². The van der Waals surface area contributed by atoms with Crippen LogP contribution in [-0.2, 0) is 0 Å². The van der Waals surface area contributed by atoms with Crippen molar-refractivity contribution in [3.8, 4) is 0 Å². The summed E-state index contributed by atoms with van der Waals surface area (Å²) in [6, 6.07) is 4.64. The van der Waals surface area contributed by atoms with Crippen molar-refractivity contribution >= 4 is 5.82 Å². The normalized spacial score (nSPS) is 22.4. The zero-order valence-corrected chi connectivity index (χ0v) is 10.1. The summed E-state index contributed by atoms with van der Waals surface area (Å²) >= 11 is 0. The molecule has 1 aliphatic rings. The molecule has 0 aromatic carbocycles. The van der Waals surface area contributed by atoms with Crippen LogP contribution in [0.25, 0.3) is 0 Å². The molecule has 0 bridgehead atoms. The minimum absolute atomic E-state index is 0.429. The average molecular weight is 220 g/mol. The van der Waals surface area contributed by atoms with Gasteiger partial charge in [-0.2, -0.15) is 0 Å². The minimum atomic E-state index is -0.429. The summed E-state index contributed by atoms with van der Waals surface area (Å²) in [5.74, 6) is 1.05. The van der Waals surface area contributed by atoms with Crippen molar-refractivity contribution in [1.29, 1.82) is 0 Å². The first-order valence-electron chi connectivity index (χ1n) is 6.13. The van der Waals surface area contributed by atoms with Gasteiger partial charge in [0, 0.05) is 18.8 Å². The molecule has 16 heavy (non-hydrogen) atoms. The molecular formula is C13H20N2O. The lowest BCUT2D eigenvalue weighted by Crippen LogP contribution is -2.29. The van der Waals surface area contributed by atoms with Gasteiger partial charge in [0.2, 0.25) is 0 Å². The summed E-state index contributed by atoms with van der Waals surface area (Å²) in [5.41, 5.74) is 0.885. The smallest absolute Gasteiger partial charge is 0.128 e. The number of nitrogens with zero attached hydrogens (tertiary/aromatic N) is 2. The Morgan fingerprint density at radius 2 is 2.38 bits per heavy atom. The van der Waals surface area contributed by atoms with E-state index in [4.69, 9.17) is 0 Å². The number of aliphatic hydroxyl groups is 1. The van der Waals surface area contributed by atoms with Crippen LogP contribution in [0.4, 0.5) is 5.82 Å². The lowest BCUT2D eigenvalue weighted by Gasteiger charge is -2.24. The molecule has 3 nitrogen and oxygen atoms in total. The van der Waals surface area contributed by atoms with Crippen LogP contribution in [0.15, 0.2) is 18.3 Å². The molecule has 1 unspecified atom stereocenters. The Bertz CT molecular complexity index is 334. The molecule has 1 aromatic heterocycles. The van der Waals surface area contributed by atoms with E-state index in [1.165, 1.54) is 19.3 Å². The second-order valence-electron chi connectivity index (χ2n) is 4.52. The van der Waals surface area contributed by atoms with Crippen LogP contribution in [-0.4, -0.2) is 22.7 Å². The lowest BCUT2D eigenvalue weighted by molar-refractivity contribution is 0.199. The van der Waals surface area contributed by atoms with Crippen molar-refractivity contribution in [3.05, 3.63) is 23.9 Å². The maximum atomic E-state index is 9.42. The number of anilines is 1. The van der Waals surface area contributed by atoms with Crippen molar-refractivity contribution < 1.29 is 5.11 Å². The van der Waals surface area contributed by atoms with Crippen LogP contribution in [0, 0.1) is 0 Å². The Hall–Kier alpha value is -1.09. The third-order valence-corrected chi connectivity index (χ3v) is 3.40. The number of hydrogen-bond acceptors (Lipinski definition) is 3. The van der Waals surface area contributed by atoms with E-state index in [-0.39, 0.29) is 0 Å². The molecule has 0 aliphatic carbocycles. The van der Waals surface area contributed by atoms with Gasteiger partial charge in [-0.05, 0) is 37.8 Å². The Morgan fingerprint density at radius 3 is 2.94 bits per heavy atom. The molecule has 1 saturated heterocycles. The van der Waals surface area contributed by atoms with E-state index < -0.39 is 6.10 Å². The number of hydrogen-bond donors (Lipinski definition) is 1. The maximum absolute atomic E-state index is 9.42. The van der Waals surface area contributed by atoms with Crippen LogP contribution in [0.5, 0.6) is 0 Å². The molecule has 1 aliphatic heterocycles. The van der Waals surface area contributed by atoms with E-state index in [9.17, 15) is 5.11 Å².